The second-order valence-electron chi connectivity index (χ2n) is 10.3. The molecule has 0 radical (unpaired) electrons. The van der Waals surface area contributed by atoms with Crippen LogP contribution < -0.4 is 0 Å². The van der Waals surface area contributed by atoms with Crippen LogP contribution in [0, 0.1) is 0 Å². The minimum absolute atomic E-state index is 0.473. The lowest BCUT2D eigenvalue weighted by molar-refractivity contribution is -1.04. The third-order valence-corrected chi connectivity index (χ3v) is 9.62. The first-order chi connectivity index (χ1) is 18.3. The number of nitrogens with zero attached hydrogens (tertiary/aromatic N) is 2. The summed E-state index contributed by atoms with van der Waals surface area (Å²) in [5.74, 6) is -2.68. The topological polar surface area (TPSA) is 58.9 Å². The number of quaternary nitrogens is 2. The van der Waals surface area contributed by atoms with Gasteiger partial charge in [-0.15, -0.1) is 0 Å². The van der Waals surface area contributed by atoms with Crippen molar-refractivity contribution in [2.45, 2.75) is 18.1 Å². The predicted molar refractivity (Wildman–Crippen MR) is 166 cm³/mol. The molecule has 38 heavy (non-hydrogen) atoms. The van der Waals surface area contributed by atoms with Gasteiger partial charge in [-0.25, -0.2) is 0 Å². The second kappa shape index (κ2) is 13.4. The van der Waals surface area contributed by atoms with Crippen LogP contribution in [0.5, 0.6) is 0 Å². The number of halogens is 4. The van der Waals surface area contributed by atoms with Gasteiger partial charge < -0.3 is 19.4 Å². The molecule has 2 heterocycles. The Morgan fingerprint density at radius 2 is 1.18 bits per heavy atom. The van der Waals surface area contributed by atoms with Gasteiger partial charge in [-0.3, -0.25) is 9.22 Å². The molecule has 0 aromatic heterocycles. The van der Waals surface area contributed by atoms with E-state index in [4.69, 9.17) is 9.47 Å². The summed E-state index contributed by atoms with van der Waals surface area (Å²) in [6, 6.07) is 16.0. The average molecular weight is 786 g/mol. The van der Waals surface area contributed by atoms with Gasteiger partial charge in [-0.2, -0.15) is 0 Å². The molecule has 2 saturated heterocycles. The van der Waals surface area contributed by atoms with Gasteiger partial charge in [0.15, 0.2) is 0 Å². The van der Waals surface area contributed by atoms with Gasteiger partial charge in [0.2, 0.25) is 5.79 Å². The van der Waals surface area contributed by atoms with Crippen LogP contribution in [0.1, 0.15) is 17.5 Å². The highest BCUT2D eigenvalue weighted by Crippen LogP contribution is 2.39. The van der Waals surface area contributed by atoms with Crippen LogP contribution in [-0.2, 0) is 21.2 Å². The van der Waals surface area contributed by atoms with E-state index in [1.165, 1.54) is 0 Å². The van der Waals surface area contributed by atoms with Crippen molar-refractivity contribution in [3.8, 4) is 11.1 Å². The van der Waals surface area contributed by atoms with Crippen LogP contribution in [0.2, 0.25) is 0 Å². The van der Waals surface area contributed by atoms with Gasteiger partial charge >= 0.3 is 5.91 Å². The number of benzene rings is 2. The molecule has 2 aliphatic rings. The standard InChI is InChI=1S/C28H38Br4N2O4/c29-10-15-33(16-11-30)19-21-37-27(35,22-33)25-6-2-23(3-7-25)24-4-8-26(9-5-24)28(36)34(17-12-31,18-13-32)14-1-20-38-28/h2-9,35-36H,1,10-22H2/q+2. The molecule has 2 N–H and O–H groups in total. The summed E-state index contributed by atoms with van der Waals surface area (Å²) in [6.07, 6.45) is 0.926. The van der Waals surface area contributed by atoms with E-state index in [9.17, 15) is 10.2 Å². The van der Waals surface area contributed by atoms with Crippen molar-refractivity contribution in [3.63, 3.8) is 0 Å². The Balaban J connectivity index is 1.56. The van der Waals surface area contributed by atoms with Gasteiger partial charge in [0.05, 0.1) is 72.8 Å². The molecule has 4 rings (SSSR count). The summed E-state index contributed by atoms with van der Waals surface area (Å²) in [7, 11) is 0. The van der Waals surface area contributed by atoms with Crippen LogP contribution in [0.25, 0.3) is 11.1 Å². The van der Waals surface area contributed by atoms with Crippen molar-refractivity contribution in [1.29, 1.82) is 0 Å². The molecule has 2 fully saturated rings. The first-order valence-corrected chi connectivity index (χ1v) is 17.7. The number of ether oxygens (including phenoxy) is 2. The van der Waals surface area contributed by atoms with E-state index in [-0.39, 0.29) is 0 Å². The quantitative estimate of drug-likeness (QED) is 0.241. The maximum Gasteiger partial charge on any atom is 0.345 e. The Kier molecular flexibility index (Phi) is 11.0. The molecule has 0 aliphatic carbocycles. The van der Waals surface area contributed by atoms with E-state index >= 15 is 0 Å². The summed E-state index contributed by atoms with van der Waals surface area (Å²) < 4.78 is 13.3. The molecule has 210 valence electrons. The fraction of sp³-hybridized carbons (Fsp3) is 0.571. The molecule has 2 aromatic rings. The van der Waals surface area contributed by atoms with Crippen LogP contribution in [0.4, 0.5) is 0 Å². The van der Waals surface area contributed by atoms with E-state index in [2.05, 4.69) is 63.7 Å². The van der Waals surface area contributed by atoms with Gasteiger partial charge in [-0.05, 0) is 23.3 Å². The monoisotopic (exact) mass is 782 g/mol. The summed E-state index contributed by atoms with van der Waals surface area (Å²) in [6.45, 7) is 6.81. The lowest BCUT2D eigenvalue weighted by atomic mass is 9.96. The fourth-order valence-corrected chi connectivity index (χ4v) is 8.87. The molecule has 2 aromatic carbocycles. The maximum absolute atomic E-state index is 11.9. The first kappa shape index (κ1) is 31.1. The van der Waals surface area contributed by atoms with E-state index in [1.54, 1.807) is 0 Å². The largest absolute Gasteiger partial charge is 0.357 e. The van der Waals surface area contributed by atoms with Crippen molar-refractivity contribution in [1.82, 2.24) is 0 Å². The SMILES string of the molecule is OC1(c2ccc(-c3ccc(C4(O)OCCC[N+]4(CCBr)CCBr)cc3)cc2)C[N+](CCBr)(CCBr)CCO1. The van der Waals surface area contributed by atoms with Crippen molar-refractivity contribution >= 4 is 63.7 Å². The van der Waals surface area contributed by atoms with E-state index in [0.717, 1.165) is 93.7 Å². The molecule has 6 nitrogen and oxygen atoms in total. The molecule has 10 heteroatoms. The van der Waals surface area contributed by atoms with E-state index in [0.29, 0.717) is 24.2 Å². The Labute approximate surface area is 260 Å². The fourth-order valence-electron chi connectivity index (χ4n) is 6.01. The lowest BCUT2D eigenvalue weighted by Gasteiger charge is -2.51. The average Bonchev–Trinajstić information content (AvgIpc) is 2.91. The molecule has 2 aliphatic heterocycles. The smallest absolute Gasteiger partial charge is 0.345 e. The van der Waals surface area contributed by atoms with Gasteiger partial charge in [0.25, 0.3) is 0 Å². The number of hydrogen-bond donors (Lipinski definition) is 2. The zero-order chi connectivity index (χ0) is 27.3. The van der Waals surface area contributed by atoms with Crippen molar-refractivity contribution < 1.29 is 28.7 Å². The molecular weight excluding hydrogens is 748 g/mol. The molecule has 0 saturated carbocycles. The first-order valence-electron chi connectivity index (χ1n) is 13.2. The number of aliphatic hydroxyl groups is 2. The van der Waals surface area contributed by atoms with Crippen LogP contribution in [-0.4, -0.2) is 99.5 Å². The number of hydrogen-bond acceptors (Lipinski definition) is 4. The number of morpholine rings is 1. The highest BCUT2D eigenvalue weighted by atomic mass is 79.9. The van der Waals surface area contributed by atoms with E-state index in [1.807, 2.05) is 48.5 Å². The number of rotatable bonds is 11. The Morgan fingerprint density at radius 3 is 1.71 bits per heavy atom. The molecule has 2 atom stereocenters. The van der Waals surface area contributed by atoms with Crippen molar-refractivity contribution in [2.24, 2.45) is 0 Å². The van der Waals surface area contributed by atoms with Gasteiger partial charge in [-0.1, -0.05) is 100 Å². The number of alkyl halides is 4. The maximum atomic E-state index is 11.9. The Hall–Kier alpha value is 0.120. The molecule has 0 amide bonds. The Bertz CT molecular complexity index is 1020. The van der Waals surface area contributed by atoms with Gasteiger partial charge in [0, 0.05) is 12.0 Å². The molecule has 0 spiro atoms. The highest BCUT2D eigenvalue weighted by molar-refractivity contribution is 9.09. The van der Waals surface area contributed by atoms with Crippen LogP contribution >= 0.6 is 63.7 Å². The van der Waals surface area contributed by atoms with Crippen LogP contribution in [0.15, 0.2) is 48.5 Å². The highest BCUT2D eigenvalue weighted by Gasteiger charge is 2.54. The van der Waals surface area contributed by atoms with Crippen molar-refractivity contribution in [2.75, 3.05) is 80.3 Å². The summed E-state index contributed by atoms with van der Waals surface area (Å²) >= 11 is 14.4. The third-order valence-electron chi connectivity index (χ3n) is 8.21. The normalized spacial score (nSPS) is 26.8. The summed E-state index contributed by atoms with van der Waals surface area (Å²) in [5, 5.41) is 26.7. The third kappa shape index (κ3) is 6.30. The zero-order valence-electron chi connectivity index (χ0n) is 21.6. The predicted octanol–water partition coefficient (Wildman–Crippen LogP) is 5.27. The molecule has 0 bridgehead atoms. The van der Waals surface area contributed by atoms with E-state index < -0.39 is 11.7 Å². The summed E-state index contributed by atoms with van der Waals surface area (Å²) in [4.78, 5) is 0. The molecule has 2 unspecified atom stereocenters. The molecular formula is C28H38Br4N2O4+2. The zero-order valence-corrected chi connectivity index (χ0v) is 28.0. The lowest BCUT2D eigenvalue weighted by Crippen LogP contribution is -2.68. The minimum atomic E-state index is -1.38. The Morgan fingerprint density at radius 1 is 0.658 bits per heavy atom. The second-order valence-corrected chi connectivity index (χ2v) is 13.5. The minimum Gasteiger partial charge on any atom is -0.357 e. The van der Waals surface area contributed by atoms with Gasteiger partial charge in [0.1, 0.15) is 13.1 Å². The summed E-state index contributed by atoms with van der Waals surface area (Å²) in [5.41, 5.74) is 3.64. The van der Waals surface area contributed by atoms with Crippen LogP contribution in [0.3, 0.4) is 0 Å². The van der Waals surface area contributed by atoms with Crippen molar-refractivity contribution in [3.05, 3.63) is 59.7 Å².